The van der Waals surface area contributed by atoms with Gasteiger partial charge in [0.2, 0.25) is 0 Å². The van der Waals surface area contributed by atoms with Gasteiger partial charge < -0.3 is 24.9 Å². The normalized spacial score (nSPS) is 33.9. The molecule has 2 fully saturated rings. The summed E-state index contributed by atoms with van der Waals surface area (Å²) in [5, 5.41) is 9.75. The molecule has 2 unspecified atom stereocenters. The monoisotopic (exact) mass is 263 g/mol. The number of hydrogen-bond acceptors (Lipinski definition) is 7. The lowest BCUT2D eigenvalue weighted by Gasteiger charge is -2.17. The number of aliphatic hydroxyl groups is 1. The van der Waals surface area contributed by atoms with Crippen LogP contribution in [-0.4, -0.2) is 56.2 Å². The number of aliphatic hydroxyl groups excluding tert-OH is 1. The van der Waals surface area contributed by atoms with E-state index in [9.17, 15) is 5.11 Å². The third kappa shape index (κ3) is 1.47. The smallest absolute Gasteiger partial charge is 0.165 e. The minimum atomic E-state index is -0.565. The number of nitrogen functional groups attached to an aromatic ring is 1. The fraction of sp³-hybridized carbons (Fsp3) is 0.545. The highest BCUT2D eigenvalue weighted by atomic mass is 16.6. The molecule has 8 nitrogen and oxygen atoms in total. The first-order valence-electron chi connectivity index (χ1n) is 6.10. The lowest BCUT2D eigenvalue weighted by Crippen LogP contribution is -2.30. The van der Waals surface area contributed by atoms with Crippen LogP contribution >= 0.6 is 0 Å². The number of aromatic nitrogens is 4. The first-order valence-corrected chi connectivity index (χ1v) is 6.10. The van der Waals surface area contributed by atoms with Crippen molar-refractivity contribution in [3.8, 4) is 0 Å². The van der Waals surface area contributed by atoms with Crippen LogP contribution in [0.15, 0.2) is 12.7 Å². The van der Waals surface area contributed by atoms with Crippen molar-refractivity contribution >= 4 is 17.0 Å². The summed E-state index contributed by atoms with van der Waals surface area (Å²) in [6, 6.07) is -0.0542. The zero-order valence-corrected chi connectivity index (χ0v) is 10.0. The SMILES string of the molecule is Nc1ncnc2c1ncn2[C@@H]1COC2C1OC[C@H]2O. The summed E-state index contributed by atoms with van der Waals surface area (Å²) >= 11 is 0. The van der Waals surface area contributed by atoms with Crippen LogP contribution in [0.4, 0.5) is 5.82 Å². The van der Waals surface area contributed by atoms with Crippen molar-refractivity contribution in [2.75, 3.05) is 18.9 Å². The van der Waals surface area contributed by atoms with E-state index in [1.165, 1.54) is 6.33 Å². The Balaban J connectivity index is 1.77. The van der Waals surface area contributed by atoms with Crippen molar-refractivity contribution in [1.29, 1.82) is 0 Å². The van der Waals surface area contributed by atoms with E-state index in [0.717, 1.165) is 0 Å². The zero-order chi connectivity index (χ0) is 13.0. The molecule has 2 aliphatic rings. The molecule has 8 heteroatoms. The average Bonchev–Trinajstić information content (AvgIpc) is 3.06. The minimum Gasteiger partial charge on any atom is -0.388 e. The molecule has 0 aromatic carbocycles. The zero-order valence-electron chi connectivity index (χ0n) is 10.0. The summed E-state index contributed by atoms with van der Waals surface area (Å²) in [7, 11) is 0. The third-order valence-electron chi connectivity index (χ3n) is 3.75. The molecule has 19 heavy (non-hydrogen) atoms. The summed E-state index contributed by atoms with van der Waals surface area (Å²) in [5.41, 5.74) is 7.00. The van der Waals surface area contributed by atoms with Gasteiger partial charge in [0.25, 0.3) is 0 Å². The number of imidazole rings is 1. The van der Waals surface area contributed by atoms with Gasteiger partial charge in [-0.1, -0.05) is 0 Å². The lowest BCUT2D eigenvalue weighted by atomic mass is 10.1. The number of anilines is 1. The molecule has 0 amide bonds. The molecule has 100 valence electrons. The van der Waals surface area contributed by atoms with E-state index in [2.05, 4.69) is 15.0 Å². The molecule has 2 aliphatic heterocycles. The number of ether oxygens (including phenoxy) is 2. The Bertz CT molecular complexity index is 630. The molecule has 2 aromatic rings. The molecule has 0 saturated carbocycles. The van der Waals surface area contributed by atoms with Crippen LogP contribution in [0.5, 0.6) is 0 Å². The summed E-state index contributed by atoms with van der Waals surface area (Å²) in [4.78, 5) is 12.4. The van der Waals surface area contributed by atoms with E-state index in [1.807, 2.05) is 4.57 Å². The highest BCUT2D eigenvalue weighted by Gasteiger charge is 2.48. The number of hydrogen-bond donors (Lipinski definition) is 2. The summed E-state index contributed by atoms with van der Waals surface area (Å²) in [5.74, 6) is 0.353. The van der Waals surface area contributed by atoms with Crippen LogP contribution in [0.2, 0.25) is 0 Å². The lowest BCUT2D eigenvalue weighted by molar-refractivity contribution is 0.0173. The molecule has 0 aliphatic carbocycles. The van der Waals surface area contributed by atoms with Crippen LogP contribution in [0.3, 0.4) is 0 Å². The van der Waals surface area contributed by atoms with Gasteiger partial charge >= 0.3 is 0 Å². The van der Waals surface area contributed by atoms with E-state index in [-0.39, 0.29) is 18.2 Å². The first-order chi connectivity index (χ1) is 9.25. The molecular weight excluding hydrogens is 250 g/mol. The van der Waals surface area contributed by atoms with Gasteiger partial charge in [0, 0.05) is 0 Å². The van der Waals surface area contributed by atoms with Gasteiger partial charge in [-0.3, -0.25) is 0 Å². The van der Waals surface area contributed by atoms with Crippen molar-refractivity contribution in [2.45, 2.75) is 24.4 Å². The quantitative estimate of drug-likeness (QED) is 0.686. The largest absolute Gasteiger partial charge is 0.388 e. The fourth-order valence-electron chi connectivity index (χ4n) is 2.81. The van der Waals surface area contributed by atoms with Crippen LogP contribution in [-0.2, 0) is 9.47 Å². The second-order valence-electron chi connectivity index (χ2n) is 4.81. The predicted octanol–water partition coefficient (Wildman–Crippen LogP) is -0.892. The third-order valence-corrected chi connectivity index (χ3v) is 3.75. The second kappa shape index (κ2) is 3.86. The highest BCUT2D eigenvalue weighted by Crippen LogP contribution is 2.35. The molecule has 0 spiro atoms. The molecule has 4 heterocycles. The molecule has 4 atom stereocenters. The molecule has 0 radical (unpaired) electrons. The van der Waals surface area contributed by atoms with Crippen molar-refractivity contribution in [1.82, 2.24) is 19.5 Å². The number of rotatable bonds is 1. The van der Waals surface area contributed by atoms with E-state index in [0.29, 0.717) is 30.2 Å². The van der Waals surface area contributed by atoms with Crippen molar-refractivity contribution in [3.63, 3.8) is 0 Å². The second-order valence-corrected chi connectivity index (χ2v) is 4.81. The first kappa shape index (κ1) is 11.1. The Morgan fingerprint density at radius 3 is 2.95 bits per heavy atom. The summed E-state index contributed by atoms with van der Waals surface area (Å²) in [6.07, 6.45) is 2.06. The van der Waals surface area contributed by atoms with Crippen molar-refractivity contribution < 1.29 is 14.6 Å². The predicted molar refractivity (Wildman–Crippen MR) is 64.3 cm³/mol. The fourth-order valence-corrected chi connectivity index (χ4v) is 2.81. The van der Waals surface area contributed by atoms with Crippen LogP contribution in [0, 0.1) is 0 Å². The molecule has 4 rings (SSSR count). The van der Waals surface area contributed by atoms with E-state index in [4.69, 9.17) is 15.2 Å². The van der Waals surface area contributed by atoms with Crippen molar-refractivity contribution in [2.24, 2.45) is 0 Å². The van der Waals surface area contributed by atoms with Gasteiger partial charge in [-0.15, -0.1) is 0 Å². The molecule has 0 bridgehead atoms. The van der Waals surface area contributed by atoms with Gasteiger partial charge in [-0.25, -0.2) is 15.0 Å². The van der Waals surface area contributed by atoms with Gasteiger partial charge in [0.1, 0.15) is 30.2 Å². The maximum atomic E-state index is 9.75. The Morgan fingerprint density at radius 2 is 2.05 bits per heavy atom. The van der Waals surface area contributed by atoms with E-state index < -0.39 is 6.10 Å². The topological polar surface area (TPSA) is 108 Å². The Morgan fingerprint density at radius 1 is 1.21 bits per heavy atom. The van der Waals surface area contributed by atoms with Gasteiger partial charge in [0.05, 0.1) is 25.6 Å². The van der Waals surface area contributed by atoms with Crippen LogP contribution < -0.4 is 5.73 Å². The van der Waals surface area contributed by atoms with Crippen LogP contribution in [0.25, 0.3) is 11.2 Å². The number of nitrogens with two attached hydrogens (primary N) is 1. The number of nitrogens with zero attached hydrogens (tertiary/aromatic N) is 4. The van der Waals surface area contributed by atoms with Gasteiger partial charge in [-0.2, -0.15) is 0 Å². The summed E-state index contributed by atoms with van der Waals surface area (Å²) < 4.78 is 13.1. The Kier molecular flexibility index (Phi) is 2.25. The highest BCUT2D eigenvalue weighted by molar-refractivity contribution is 5.81. The molecular formula is C11H13N5O3. The van der Waals surface area contributed by atoms with Gasteiger partial charge in [-0.05, 0) is 0 Å². The Labute approximate surface area is 108 Å². The Hall–Kier alpha value is -1.77. The minimum absolute atomic E-state index is 0.0542. The van der Waals surface area contributed by atoms with Crippen LogP contribution in [0.1, 0.15) is 6.04 Å². The maximum absolute atomic E-state index is 9.75. The standard InChI is InChI=1S/C11H13N5O3/c12-10-7-11(14-3-13-10)16(4-15-7)5-1-18-9-6(17)2-19-8(5)9/h3-6,8-9,17H,1-2H2,(H2,12,13,14)/t5-,6-,8?,9?/m1/s1. The summed E-state index contributed by atoms with van der Waals surface area (Å²) in [6.45, 7) is 0.761. The molecule has 2 aromatic heterocycles. The van der Waals surface area contributed by atoms with E-state index in [1.54, 1.807) is 6.33 Å². The van der Waals surface area contributed by atoms with E-state index >= 15 is 0 Å². The average molecular weight is 263 g/mol. The number of fused-ring (bicyclic) bond motifs is 2. The molecule has 2 saturated heterocycles. The molecule has 3 N–H and O–H groups in total. The van der Waals surface area contributed by atoms with Gasteiger partial charge in [0.15, 0.2) is 11.5 Å². The van der Waals surface area contributed by atoms with Crippen molar-refractivity contribution in [3.05, 3.63) is 12.7 Å². The maximum Gasteiger partial charge on any atom is 0.165 e.